The number of aryl methyl sites for hydroxylation is 1. The Kier molecular flexibility index (Phi) is 3.90. The molecule has 3 rings (SSSR count). The van der Waals surface area contributed by atoms with Crippen LogP contribution in [-0.2, 0) is 6.54 Å². The van der Waals surface area contributed by atoms with Gasteiger partial charge in [0.1, 0.15) is 0 Å². The number of benzene rings is 1. The summed E-state index contributed by atoms with van der Waals surface area (Å²) in [7, 11) is 0. The summed E-state index contributed by atoms with van der Waals surface area (Å²) in [6.45, 7) is 9.60. The van der Waals surface area contributed by atoms with Gasteiger partial charge in [0.05, 0.1) is 0 Å². The predicted octanol–water partition coefficient (Wildman–Crippen LogP) is 3.05. The first kappa shape index (κ1) is 13.1. The van der Waals surface area contributed by atoms with Gasteiger partial charge < -0.3 is 0 Å². The molecule has 2 heteroatoms. The monoisotopic (exact) mass is 258 g/mol. The van der Waals surface area contributed by atoms with Crippen molar-refractivity contribution in [3.05, 3.63) is 35.4 Å². The average Bonchev–Trinajstić information content (AvgIpc) is 2.87. The zero-order valence-corrected chi connectivity index (χ0v) is 12.3. The normalized spacial score (nSPS) is 28.5. The fourth-order valence-electron chi connectivity index (χ4n) is 3.74. The van der Waals surface area contributed by atoms with Crippen LogP contribution < -0.4 is 0 Å². The van der Waals surface area contributed by atoms with Crippen LogP contribution in [0.5, 0.6) is 0 Å². The third-order valence-electron chi connectivity index (χ3n) is 5.01. The molecule has 0 bridgehead atoms. The van der Waals surface area contributed by atoms with Crippen molar-refractivity contribution in [3.63, 3.8) is 0 Å². The molecule has 2 fully saturated rings. The van der Waals surface area contributed by atoms with Crippen LogP contribution in [0.15, 0.2) is 24.3 Å². The Morgan fingerprint density at radius 3 is 2.84 bits per heavy atom. The van der Waals surface area contributed by atoms with Gasteiger partial charge in [-0.2, -0.15) is 0 Å². The maximum Gasteiger partial charge on any atom is 0.0240 e. The van der Waals surface area contributed by atoms with Crippen molar-refractivity contribution in [2.24, 2.45) is 0 Å². The van der Waals surface area contributed by atoms with Crippen LogP contribution in [0, 0.1) is 6.92 Å². The second kappa shape index (κ2) is 5.64. The van der Waals surface area contributed by atoms with E-state index in [-0.39, 0.29) is 0 Å². The standard InChI is InChI=1S/C17H26N2/c1-3-16-12-18-10-6-9-17(18)13-19(16)11-15-8-5-4-7-14(15)2/h4-5,7-8,16-17H,3,6,9-13H2,1-2H3. The molecule has 0 aromatic heterocycles. The zero-order chi connectivity index (χ0) is 13.2. The molecule has 19 heavy (non-hydrogen) atoms. The van der Waals surface area contributed by atoms with E-state index in [0.29, 0.717) is 0 Å². The highest BCUT2D eigenvalue weighted by atomic mass is 15.3. The summed E-state index contributed by atoms with van der Waals surface area (Å²) in [6.07, 6.45) is 4.08. The van der Waals surface area contributed by atoms with Gasteiger partial charge in [-0.1, -0.05) is 31.2 Å². The molecule has 2 saturated heterocycles. The van der Waals surface area contributed by atoms with E-state index in [0.717, 1.165) is 18.6 Å². The molecule has 2 aliphatic rings. The summed E-state index contributed by atoms with van der Waals surface area (Å²) in [5.74, 6) is 0. The van der Waals surface area contributed by atoms with E-state index in [1.54, 1.807) is 0 Å². The fourth-order valence-corrected chi connectivity index (χ4v) is 3.74. The Hall–Kier alpha value is -0.860. The van der Waals surface area contributed by atoms with Gasteiger partial charge in [0.15, 0.2) is 0 Å². The molecule has 0 amide bonds. The highest BCUT2D eigenvalue weighted by molar-refractivity contribution is 5.25. The average molecular weight is 258 g/mol. The zero-order valence-electron chi connectivity index (χ0n) is 12.3. The molecule has 104 valence electrons. The van der Waals surface area contributed by atoms with Gasteiger partial charge in [0.25, 0.3) is 0 Å². The maximum atomic E-state index is 2.73. The van der Waals surface area contributed by atoms with E-state index in [1.165, 1.54) is 50.0 Å². The molecular weight excluding hydrogens is 232 g/mol. The number of fused-ring (bicyclic) bond motifs is 1. The minimum atomic E-state index is 0.744. The van der Waals surface area contributed by atoms with Gasteiger partial charge in [-0.15, -0.1) is 0 Å². The Balaban J connectivity index is 1.73. The van der Waals surface area contributed by atoms with Crippen molar-refractivity contribution < 1.29 is 0 Å². The molecule has 0 saturated carbocycles. The highest BCUT2D eigenvalue weighted by Gasteiger charge is 2.35. The van der Waals surface area contributed by atoms with Crippen LogP contribution in [0.25, 0.3) is 0 Å². The lowest BCUT2D eigenvalue weighted by Crippen LogP contribution is -2.55. The Labute approximate surface area is 117 Å². The molecule has 0 spiro atoms. The van der Waals surface area contributed by atoms with E-state index < -0.39 is 0 Å². The summed E-state index contributed by atoms with van der Waals surface area (Å²) in [6, 6.07) is 10.4. The number of piperazine rings is 1. The largest absolute Gasteiger partial charge is 0.298 e. The minimum Gasteiger partial charge on any atom is -0.298 e. The smallest absolute Gasteiger partial charge is 0.0240 e. The first-order valence-electron chi connectivity index (χ1n) is 7.80. The SMILES string of the molecule is CCC1CN2CCCC2CN1Cc1ccccc1C. The third kappa shape index (κ3) is 2.70. The number of rotatable bonds is 3. The van der Waals surface area contributed by atoms with Crippen molar-refractivity contribution >= 4 is 0 Å². The lowest BCUT2D eigenvalue weighted by molar-refractivity contribution is 0.0436. The van der Waals surface area contributed by atoms with Crippen LogP contribution in [0.1, 0.15) is 37.3 Å². The van der Waals surface area contributed by atoms with Crippen LogP contribution in [0.4, 0.5) is 0 Å². The van der Waals surface area contributed by atoms with Crippen molar-refractivity contribution in [2.75, 3.05) is 19.6 Å². The molecule has 2 atom stereocenters. The summed E-state index contributed by atoms with van der Waals surface area (Å²) < 4.78 is 0. The van der Waals surface area contributed by atoms with Gasteiger partial charge in [0, 0.05) is 31.7 Å². The minimum absolute atomic E-state index is 0.744. The van der Waals surface area contributed by atoms with Crippen molar-refractivity contribution in [1.82, 2.24) is 9.80 Å². The molecule has 2 aliphatic heterocycles. The van der Waals surface area contributed by atoms with Gasteiger partial charge in [-0.3, -0.25) is 9.80 Å². The highest BCUT2D eigenvalue weighted by Crippen LogP contribution is 2.27. The van der Waals surface area contributed by atoms with Crippen LogP contribution in [0.3, 0.4) is 0 Å². The van der Waals surface area contributed by atoms with E-state index in [1.807, 2.05) is 0 Å². The molecule has 0 aliphatic carbocycles. The Bertz CT molecular complexity index is 429. The lowest BCUT2D eigenvalue weighted by Gasteiger charge is -2.43. The first-order valence-corrected chi connectivity index (χ1v) is 7.80. The van der Waals surface area contributed by atoms with E-state index in [2.05, 4.69) is 47.9 Å². The van der Waals surface area contributed by atoms with Gasteiger partial charge in [0.2, 0.25) is 0 Å². The van der Waals surface area contributed by atoms with Gasteiger partial charge >= 0.3 is 0 Å². The molecule has 1 aromatic rings. The molecule has 0 radical (unpaired) electrons. The molecule has 2 heterocycles. The first-order chi connectivity index (χ1) is 9.28. The topological polar surface area (TPSA) is 6.48 Å². The molecule has 0 N–H and O–H groups in total. The Morgan fingerprint density at radius 1 is 1.21 bits per heavy atom. The summed E-state index contributed by atoms with van der Waals surface area (Å²) in [5.41, 5.74) is 2.94. The maximum absolute atomic E-state index is 2.73. The number of hydrogen-bond donors (Lipinski definition) is 0. The summed E-state index contributed by atoms with van der Waals surface area (Å²) >= 11 is 0. The lowest BCUT2D eigenvalue weighted by atomic mass is 10.0. The van der Waals surface area contributed by atoms with Crippen molar-refractivity contribution in [1.29, 1.82) is 0 Å². The number of hydrogen-bond acceptors (Lipinski definition) is 2. The van der Waals surface area contributed by atoms with Crippen LogP contribution in [-0.4, -0.2) is 41.5 Å². The second-order valence-electron chi connectivity index (χ2n) is 6.21. The summed E-state index contributed by atoms with van der Waals surface area (Å²) in [4.78, 5) is 5.46. The quantitative estimate of drug-likeness (QED) is 0.822. The number of nitrogens with zero attached hydrogens (tertiary/aromatic N) is 2. The third-order valence-corrected chi connectivity index (χ3v) is 5.01. The van der Waals surface area contributed by atoms with E-state index in [9.17, 15) is 0 Å². The van der Waals surface area contributed by atoms with Crippen molar-refractivity contribution in [3.8, 4) is 0 Å². The Morgan fingerprint density at radius 2 is 2.05 bits per heavy atom. The van der Waals surface area contributed by atoms with Crippen molar-refractivity contribution in [2.45, 2.75) is 51.7 Å². The van der Waals surface area contributed by atoms with E-state index >= 15 is 0 Å². The molecule has 2 unspecified atom stereocenters. The van der Waals surface area contributed by atoms with Crippen LogP contribution in [0.2, 0.25) is 0 Å². The molecule has 2 nitrogen and oxygen atoms in total. The van der Waals surface area contributed by atoms with Crippen LogP contribution >= 0.6 is 0 Å². The summed E-state index contributed by atoms with van der Waals surface area (Å²) in [5, 5.41) is 0. The predicted molar refractivity (Wildman–Crippen MR) is 80.3 cm³/mol. The molecular formula is C17H26N2. The van der Waals surface area contributed by atoms with Gasteiger partial charge in [-0.25, -0.2) is 0 Å². The van der Waals surface area contributed by atoms with Gasteiger partial charge in [-0.05, 0) is 43.9 Å². The fraction of sp³-hybridized carbons (Fsp3) is 0.647. The van der Waals surface area contributed by atoms with E-state index in [4.69, 9.17) is 0 Å². The second-order valence-corrected chi connectivity index (χ2v) is 6.21. The molecule has 1 aromatic carbocycles.